The maximum Gasteiger partial charge on any atom is 0.261 e. The molecule has 0 spiro atoms. The molecule has 0 radical (unpaired) electrons. The first-order valence-electron chi connectivity index (χ1n) is 14.0. The van der Waals surface area contributed by atoms with Gasteiger partial charge in [0.1, 0.15) is 17.6 Å². The Kier molecular flexibility index (Phi) is 11.6. The van der Waals surface area contributed by atoms with E-state index in [-0.39, 0.29) is 49.9 Å². The van der Waals surface area contributed by atoms with Crippen LogP contribution in [0.4, 0.5) is 4.39 Å². The van der Waals surface area contributed by atoms with E-state index < -0.39 is 40.3 Å². The van der Waals surface area contributed by atoms with E-state index in [2.05, 4.69) is 5.32 Å². The third-order valence-electron chi connectivity index (χ3n) is 6.97. The maximum absolute atomic E-state index is 13.7. The van der Waals surface area contributed by atoms with Crippen LogP contribution < -0.4 is 10.1 Å². The van der Waals surface area contributed by atoms with Gasteiger partial charge in [-0.3, -0.25) is 9.59 Å². The number of amides is 2. The molecule has 2 N–H and O–H groups in total. The smallest absolute Gasteiger partial charge is 0.261 e. The highest BCUT2D eigenvalue weighted by molar-refractivity contribution is 7.89. The number of ether oxygens (including phenoxy) is 2. The van der Waals surface area contributed by atoms with E-state index in [4.69, 9.17) is 9.47 Å². The van der Waals surface area contributed by atoms with Crippen molar-refractivity contribution < 1.29 is 37.0 Å². The molecule has 0 saturated carbocycles. The number of carbonyl (C=O) groups is 2. The molecule has 4 rings (SSSR count). The molecule has 1 aliphatic heterocycles. The maximum atomic E-state index is 13.7. The number of nitrogens with one attached hydrogen (secondary N) is 1. The predicted octanol–water partition coefficient (Wildman–Crippen LogP) is 2.36. The molecule has 12 heteroatoms. The molecule has 3 aromatic carbocycles. The standard InChI is InChI=1S/C31H36FN3O7S/c32-26-9-7-25(8-10-26)22-35(29(31(38)33-15-4-18-36)21-24-5-2-1-3-6-24)30(37)23-42-27-11-13-28(14-12-27)43(39,40)34-16-19-41-20-17-34/h1-3,5-14,29,36H,4,15-23H2,(H,33,38). The van der Waals surface area contributed by atoms with Crippen LogP contribution in [0.5, 0.6) is 5.75 Å². The number of nitrogens with zero attached hydrogens (tertiary/aromatic N) is 2. The summed E-state index contributed by atoms with van der Waals surface area (Å²) in [6, 6.07) is 19.8. The monoisotopic (exact) mass is 613 g/mol. The van der Waals surface area contributed by atoms with Crippen molar-refractivity contribution in [3.8, 4) is 5.75 Å². The number of carbonyl (C=O) groups excluding carboxylic acids is 2. The fourth-order valence-corrected chi connectivity index (χ4v) is 6.03. The zero-order valence-corrected chi connectivity index (χ0v) is 24.5. The molecule has 1 saturated heterocycles. The van der Waals surface area contributed by atoms with Gasteiger partial charge in [0.2, 0.25) is 15.9 Å². The average molecular weight is 614 g/mol. The molecule has 3 aromatic rings. The Labute approximate surface area is 251 Å². The second-order valence-corrected chi connectivity index (χ2v) is 11.9. The van der Waals surface area contributed by atoms with E-state index in [1.807, 2.05) is 30.3 Å². The van der Waals surface area contributed by atoms with Crippen molar-refractivity contribution in [3.05, 3.63) is 95.8 Å². The van der Waals surface area contributed by atoms with Gasteiger partial charge in [0.05, 0.1) is 18.1 Å². The fourth-order valence-electron chi connectivity index (χ4n) is 4.62. The zero-order valence-electron chi connectivity index (χ0n) is 23.7. The fraction of sp³-hybridized carbons (Fsp3) is 0.355. The van der Waals surface area contributed by atoms with Gasteiger partial charge in [-0.25, -0.2) is 12.8 Å². The summed E-state index contributed by atoms with van der Waals surface area (Å²) in [6.07, 6.45) is 0.572. The zero-order chi connectivity index (χ0) is 30.7. The van der Waals surface area contributed by atoms with Crippen molar-refractivity contribution in [2.45, 2.75) is 30.3 Å². The van der Waals surface area contributed by atoms with E-state index in [1.54, 1.807) is 12.1 Å². The lowest BCUT2D eigenvalue weighted by Gasteiger charge is -2.31. The molecule has 1 aliphatic rings. The van der Waals surface area contributed by atoms with Crippen molar-refractivity contribution in [3.63, 3.8) is 0 Å². The van der Waals surface area contributed by atoms with Crippen molar-refractivity contribution in [1.29, 1.82) is 0 Å². The van der Waals surface area contributed by atoms with Crippen molar-refractivity contribution in [2.24, 2.45) is 0 Å². The lowest BCUT2D eigenvalue weighted by Crippen LogP contribution is -2.51. The summed E-state index contributed by atoms with van der Waals surface area (Å²) >= 11 is 0. The third kappa shape index (κ3) is 9.07. The Balaban J connectivity index is 1.53. The number of halogens is 1. The average Bonchev–Trinajstić information content (AvgIpc) is 3.03. The van der Waals surface area contributed by atoms with Crippen LogP contribution >= 0.6 is 0 Å². The summed E-state index contributed by atoms with van der Waals surface area (Å²) in [5, 5.41) is 12.0. The number of aliphatic hydroxyl groups is 1. The number of morpholine rings is 1. The molecule has 10 nitrogen and oxygen atoms in total. The van der Waals surface area contributed by atoms with Gasteiger partial charge in [-0.15, -0.1) is 0 Å². The summed E-state index contributed by atoms with van der Waals surface area (Å²) in [5.41, 5.74) is 1.45. The van der Waals surface area contributed by atoms with Crippen molar-refractivity contribution in [1.82, 2.24) is 14.5 Å². The van der Waals surface area contributed by atoms with Crippen LogP contribution in [0, 0.1) is 5.82 Å². The Morgan fingerprint density at radius 1 is 0.977 bits per heavy atom. The van der Waals surface area contributed by atoms with Crippen LogP contribution in [0.1, 0.15) is 17.5 Å². The number of sulfonamides is 1. The van der Waals surface area contributed by atoms with E-state index in [0.29, 0.717) is 25.2 Å². The van der Waals surface area contributed by atoms with Gasteiger partial charge in [-0.05, 0) is 53.9 Å². The highest BCUT2D eigenvalue weighted by Crippen LogP contribution is 2.21. The Morgan fingerprint density at radius 2 is 1.65 bits per heavy atom. The molecule has 0 aromatic heterocycles. The molecule has 2 amide bonds. The van der Waals surface area contributed by atoms with Gasteiger partial charge < -0.3 is 24.8 Å². The van der Waals surface area contributed by atoms with Crippen LogP contribution in [0.15, 0.2) is 83.8 Å². The van der Waals surface area contributed by atoms with Crippen LogP contribution in [-0.2, 0) is 37.3 Å². The first-order valence-corrected chi connectivity index (χ1v) is 15.5. The van der Waals surface area contributed by atoms with Crippen LogP contribution in [-0.4, -0.2) is 86.6 Å². The van der Waals surface area contributed by atoms with Crippen molar-refractivity contribution >= 4 is 21.8 Å². The second-order valence-electron chi connectivity index (χ2n) is 10.00. The molecule has 1 heterocycles. The molecule has 1 atom stereocenters. The normalized spacial score (nSPS) is 14.6. The third-order valence-corrected chi connectivity index (χ3v) is 8.88. The molecular formula is C31H36FN3O7S. The number of hydrogen-bond donors (Lipinski definition) is 2. The summed E-state index contributed by atoms with van der Waals surface area (Å²) in [6.45, 7) is 0.949. The first kappa shape index (κ1) is 32.1. The van der Waals surface area contributed by atoms with E-state index >= 15 is 0 Å². The topological polar surface area (TPSA) is 125 Å². The Hall–Kier alpha value is -3.84. The van der Waals surface area contributed by atoms with Crippen LogP contribution in [0.3, 0.4) is 0 Å². The minimum absolute atomic E-state index is 0.0180. The van der Waals surface area contributed by atoms with Gasteiger partial charge in [0, 0.05) is 39.2 Å². The summed E-state index contributed by atoms with van der Waals surface area (Å²) in [5.74, 6) is -1.03. The number of hydrogen-bond acceptors (Lipinski definition) is 7. The largest absolute Gasteiger partial charge is 0.484 e. The Bertz CT molecular complexity index is 1430. The highest BCUT2D eigenvalue weighted by atomic mass is 32.2. The van der Waals surface area contributed by atoms with E-state index in [0.717, 1.165) is 5.56 Å². The van der Waals surface area contributed by atoms with Gasteiger partial charge in [-0.2, -0.15) is 4.31 Å². The quantitative estimate of drug-likeness (QED) is 0.268. The SMILES string of the molecule is O=C(NCCCO)C(Cc1ccccc1)N(Cc1ccc(F)cc1)C(=O)COc1ccc(S(=O)(=O)N2CCOCC2)cc1. The molecule has 1 unspecified atom stereocenters. The molecule has 43 heavy (non-hydrogen) atoms. The van der Waals surface area contributed by atoms with E-state index in [1.165, 1.54) is 45.6 Å². The molecule has 0 bridgehead atoms. The Morgan fingerprint density at radius 3 is 2.30 bits per heavy atom. The minimum atomic E-state index is -3.69. The highest BCUT2D eigenvalue weighted by Gasteiger charge is 2.31. The first-order chi connectivity index (χ1) is 20.8. The molecule has 0 aliphatic carbocycles. The predicted molar refractivity (Wildman–Crippen MR) is 157 cm³/mol. The molecule has 1 fully saturated rings. The summed E-state index contributed by atoms with van der Waals surface area (Å²) in [7, 11) is -3.69. The molecular weight excluding hydrogens is 577 g/mol. The van der Waals surface area contributed by atoms with Gasteiger partial charge in [0.25, 0.3) is 5.91 Å². The summed E-state index contributed by atoms with van der Waals surface area (Å²) in [4.78, 5) is 28.6. The van der Waals surface area contributed by atoms with E-state index in [9.17, 15) is 27.5 Å². The lowest BCUT2D eigenvalue weighted by atomic mass is 10.0. The van der Waals surface area contributed by atoms with Crippen LogP contribution in [0.25, 0.3) is 0 Å². The second kappa shape index (κ2) is 15.6. The minimum Gasteiger partial charge on any atom is -0.484 e. The van der Waals surface area contributed by atoms with Gasteiger partial charge in [-0.1, -0.05) is 42.5 Å². The van der Waals surface area contributed by atoms with Crippen molar-refractivity contribution in [2.75, 3.05) is 46.1 Å². The molecule has 230 valence electrons. The van der Waals surface area contributed by atoms with Crippen LogP contribution in [0.2, 0.25) is 0 Å². The summed E-state index contributed by atoms with van der Waals surface area (Å²) < 4.78 is 51.8. The number of rotatable bonds is 14. The number of benzene rings is 3. The number of aliphatic hydroxyl groups excluding tert-OH is 1. The van der Waals surface area contributed by atoms with Gasteiger partial charge in [0.15, 0.2) is 6.61 Å². The van der Waals surface area contributed by atoms with Gasteiger partial charge >= 0.3 is 0 Å². The lowest BCUT2D eigenvalue weighted by molar-refractivity contribution is -0.142.